The van der Waals surface area contributed by atoms with E-state index in [2.05, 4.69) is 0 Å². The van der Waals surface area contributed by atoms with Crippen LogP contribution in [0.4, 0.5) is 4.39 Å². The van der Waals surface area contributed by atoms with E-state index in [0.717, 1.165) is 12.0 Å². The molecule has 8 atom stereocenters. The number of carbonyl (C=O) groups excluding carboxylic acids is 1. The fourth-order valence-electron chi connectivity index (χ4n) is 6.55. The molecule has 4 rings (SSSR count). The van der Waals surface area contributed by atoms with E-state index in [0.29, 0.717) is 12.8 Å². The molecule has 0 aromatic rings. The van der Waals surface area contributed by atoms with E-state index >= 15 is 4.39 Å². The van der Waals surface area contributed by atoms with Gasteiger partial charge in [-0.1, -0.05) is 25.5 Å². The summed E-state index contributed by atoms with van der Waals surface area (Å²) in [6.07, 6.45) is 5.47. The van der Waals surface area contributed by atoms with Crippen molar-refractivity contribution in [1.29, 1.82) is 0 Å². The third kappa shape index (κ3) is 1.71. The van der Waals surface area contributed by atoms with Crippen LogP contribution in [0.15, 0.2) is 23.8 Å². The predicted molar refractivity (Wildman–Crippen MR) is 88.9 cm³/mol. The summed E-state index contributed by atoms with van der Waals surface area (Å²) in [6.45, 7) is 5.87. The van der Waals surface area contributed by atoms with E-state index in [9.17, 15) is 15.0 Å². The molecule has 3 saturated carbocycles. The lowest BCUT2D eigenvalue weighted by molar-refractivity contribution is -0.201. The van der Waals surface area contributed by atoms with Crippen LogP contribution in [0.25, 0.3) is 0 Å². The second-order valence-electron chi connectivity index (χ2n) is 9.01. The molecule has 3 fully saturated rings. The van der Waals surface area contributed by atoms with E-state index in [-0.39, 0.29) is 30.0 Å². The van der Waals surface area contributed by atoms with E-state index < -0.39 is 28.7 Å². The zero-order valence-electron chi connectivity index (χ0n) is 14.6. The molecule has 24 heavy (non-hydrogen) atoms. The number of aliphatic hydroxyl groups is 2. The molecule has 4 aliphatic carbocycles. The van der Waals surface area contributed by atoms with Crippen LogP contribution in [0, 0.1) is 28.6 Å². The molecule has 0 aromatic heterocycles. The van der Waals surface area contributed by atoms with Gasteiger partial charge in [-0.25, -0.2) is 4.39 Å². The molecule has 0 spiro atoms. The maximum atomic E-state index is 16.6. The molecule has 0 aliphatic heterocycles. The smallest absolute Gasteiger partial charge is 0.178 e. The monoisotopic (exact) mass is 334 g/mol. The number of hydrogen-bond acceptors (Lipinski definition) is 3. The summed E-state index contributed by atoms with van der Waals surface area (Å²) in [7, 11) is 0. The fourth-order valence-corrected chi connectivity index (χ4v) is 6.55. The zero-order valence-corrected chi connectivity index (χ0v) is 14.6. The van der Waals surface area contributed by atoms with E-state index in [4.69, 9.17) is 0 Å². The standard InChI is InChI=1S/C20H27FO3/c1-11-8-15-14-5-4-12-9-13(22)6-7-19(12,3)20(14,21)16(23)10-18(15,2)17(11)24/h6-7,9,11,14-17,23-24H,4-5,8,10H2,1-3H3/t11-,14+,15+,16-,17-,18+,19+,20+/m1/s1. The van der Waals surface area contributed by atoms with Crippen LogP contribution in [0.2, 0.25) is 0 Å². The van der Waals surface area contributed by atoms with Crippen LogP contribution in [0.3, 0.4) is 0 Å². The molecule has 0 bridgehead atoms. The third-order valence-corrected chi connectivity index (χ3v) is 7.92. The number of halogens is 1. The van der Waals surface area contributed by atoms with Crippen LogP contribution in [0.1, 0.15) is 46.5 Å². The summed E-state index contributed by atoms with van der Waals surface area (Å²) in [5, 5.41) is 21.6. The number of alkyl halides is 1. The molecule has 0 saturated heterocycles. The van der Waals surface area contributed by atoms with Gasteiger partial charge in [0.1, 0.15) is 0 Å². The van der Waals surface area contributed by atoms with Gasteiger partial charge in [0, 0.05) is 11.3 Å². The minimum Gasteiger partial charge on any atom is -0.392 e. The Hall–Kier alpha value is -1.00. The maximum absolute atomic E-state index is 16.6. The minimum absolute atomic E-state index is 0.0697. The largest absolute Gasteiger partial charge is 0.392 e. The van der Waals surface area contributed by atoms with Crippen molar-refractivity contribution in [1.82, 2.24) is 0 Å². The first-order valence-corrected chi connectivity index (χ1v) is 9.14. The highest BCUT2D eigenvalue weighted by Gasteiger charge is 2.70. The summed E-state index contributed by atoms with van der Waals surface area (Å²) < 4.78 is 16.6. The summed E-state index contributed by atoms with van der Waals surface area (Å²) in [6, 6.07) is 0. The number of carbonyl (C=O) groups is 1. The fraction of sp³-hybridized carbons (Fsp3) is 0.750. The Labute approximate surface area is 142 Å². The van der Waals surface area contributed by atoms with Gasteiger partial charge >= 0.3 is 0 Å². The number of fused-ring (bicyclic) bond motifs is 5. The van der Waals surface area contributed by atoms with Gasteiger partial charge in [0.05, 0.1) is 12.2 Å². The van der Waals surface area contributed by atoms with E-state index in [1.54, 1.807) is 12.2 Å². The summed E-state index contributed by atoms with van der Waals surface area (Å²) in [5.74, 6) is -0.182. The highest BCUT2D eigenvalue weighted by Crippen LogP contribution is 2.68. The highest BCUT2D eigenvalue weighted by molar-refractivity contribution is 6.01. The molecule has 0 radical (unpaired) electrons. The van der Waals surface area contributed by atoms with Crippen molar-refractivity contribution in [2.75, 3.05) is 0 Å². The molecule has 4 aliphatic rings. The van der Waals surface area contributed by atoms with Crippen LogP contribution in [-0.2, 0) is 4.79 Å². The second kappa shape index (κ2) is 4.79. The van der Waals surface area contributed by atoms with E-state index in [1.165, 1.54) is 6.08 Å². The number of allylic oxidation sites excluding steroid dienone is 4. The lowest BCUT2D eigenvalue weighted by Gasteiger charge is -2.61. The molecule has 2 N–H and O–H groups in total. The van der Waals surface area contributed by atoms with Gasteiger partial charge in [-0.3, -0.25) is 4.79 Å². The molecular weight excluding hydrogens is 307 g/mol. The van der Waals surface area contributed by atoms with Gasteiger partial charge in [-0.05, 0) is 62.0 Å². The minimum atomic E-state index is -1.78. The molecule has 3 nitrogen and oxygen atoms in total. The highest BCUT2D eigenvalue weighted by atomic mass is 19.1. The normalized spacial score (nSPS) is 56.3. The molecular formula is C20H27FO3. The van der Waals surface area contributed by atoms with Gasteiger partial charge in [-0.15, -0.1) is 0 Å². The maximum Gasteiger partial charge on any atom is 0.178 e. The van der Waals surface area contributed by atoms with Gasteiger partial charge < -0.3 is 10.2 Å². The first-order valence-electron chi connectivity index (χ1n) is 9.14. The van der Waals surface area contributed by atoms with Crippen molar-refractivity contribution >= 4 is 5.78 Å². The number of ketones is 1. The molecule has 0 aromatic carbocycles. The Morgan fingerprint density at radius 3 is 2.67 bits per heavy atom. The zero-order chi connectivity index (χ0) is 17.5. The van der Waals surface area contributed by atoms with Crippen molar-refractivity contribution in [2.45, 2.75) is 64.3 Å². The summed E-state index contributed by atoms with van der Waals surface area (Å²) in [4.78, 5) is 11.7. The number of hydrogen-bond donors (Lipinski definition) is 2. The summed E-state index contributed by atoms with van der Waals surface area (Å²) in [5.41, 5.74) is -2.32. The van der Waals surface area contributed by atoms with Crippen LogP contribution in [-0.4, -0.2) is 33.9 Å². The molecule has 0 heterocycles. The Morgan fingerprint density at radius 1 is 1.25 bits per heavy atom. The Bertz CT molecular complexity index is 655. The van der Waals surface area contributed by atoms with Crippen molar-refractivity contribution in [3.63, 3.8) is 0 Å². The van der Waals surface area contributed by atoms with Crippen molar-refractivity contribution < 1.29 is 19.4 Å². The third-order valence-electron chi connectivity index (χ3n) is 7.92. The average Bonchev–Trinajstić information content (AvgIpc) is 2.74. The first-order chi connectivity index (χ1) is 11.1. The SMILES string of the molecule is C[C@@H]1C[C@H]2[C@@H]3CCC4=CC(=O)C=C[C@]4(C)[C@@]3(F)[C@H](O)C[C@]2(C)[C@@H]1O. The second-order valence-corrected chi connectivity index (χ2v) is 9.01. The van der Waals surface area contributed by atoms with Gasteiger partial charge in [0.25, 0.3) is 0 Å². The van der Waals surface area contributed by atoms with Gasteiger partial charge in [0.15, 0.2) is 11.5 Å². The number of rotatable bonds is 0. The lowest BCUT2D eigenvalue weighted by atomic mass is 9.46. The molecule has 4 heteroatoms. The lowest BCUT2D eigenvalue weighted by Crippen LogP contribution is -2.66. The Kier molecular flexibility index (Phi) is 3.29. The topological polar surface area (TPSA) is 57.5 Å². The van der Waals surface area contributed by atoms with Gasteiger partial charge in [0.2, 0.25) is 0 Å². The quantitative estimate of drug-likeness (QED) is 0.716. The van der Waals surface area contributed by atoms with Gasteiger partial charge in [-0.2, -0.15) is 0 Å². The van der Waals surface area contributed by atoms with Crippen LogP contribution < -0.4 is 0 Å². The molecule has 0 amide bonds. The van der Waals surface area contributed by atoms with E-state index in [1.807, 2.05) is 20.8 Å². The first kappa shape index (κ1) is 16.5. The van der Waals surface area contributed by atoms with Crippen LogP contribution in [0.5, 0.6) is 0 Å². The Morgan fingerprint density at radius 2 is 1.96 bits per heavy atom. The molecule has 132 valence electrons. The van der Waals surface area contributed by atoms with Crippen molar-refractivity contribution in [3.8, 4) is 0 Å². The van der Waals surface area contributed by atoms with Crippen molar-refractivity contribution in [2.24, 2.45) is 28.6 Å². The predicted octanol–water partition coefficient (Wildman–Crippen LogP) is 2.96. The summed E-state index contributed by atoms with van der Waals surface area (Å²) >= 11 is 0. The molecule has 0 unspecified atom stereocenters. The Balaban J connectivity index is 1.83. The van der Waals surface area contributed by atoms with Crippen LogP contribution >= 0.6 is 0 Å². The number of aliphatic hydroxyl groups excluding tert-OH is 2. The van der Waals surface area contributed by atoms with Crippen molar-refractivity contribution in [3.05, 3.63) is 23.8 Å². The average molecular weight is 334 g/mol.